The van der Waals surface area contributed by atoms with Gasteiger partial charge in [0.2, 0.25) is 5.91 Å². The summed E-state index contributed by atoms with van der Waals surface area (Å²) in [6, 6.07) is 7.38. The van der Waals surface area contributed by atoms with Crippen LogP contribution >= 0.6 is 11.6 Å². The average molecular weight is 299 g/mol. The van der Waals surface area contributed by atoms with Crippen LogP contribution in [0.4, 0.5) is 5.69 Å². The third-order valence-electron chi connectivity index (χ3n) is 2.96. The van der Waals surface area contributed by atoms with Gasteiger partial charge < -0.3 is 10.4 Å². The molecule has 0 bridgehead atoms. The number of hydrogen-bond acceptors (Lipinski definition) is 3. The number of nitrogens with one attached hydrogen (secondary N) is 1. The lowest BCUT2D eigenvalue weighted by Crippen LogP contribution is -2.38. The molecule has 0 spiro atoms. The van der Waals surface area contributed by atoms with Crippen LogP contribution in [0.5, 0.6) is 0 Å². The molecule has 1 aromatic carbocycles. The third-order valence-corrected chi connectivity index (χ3v) is 3.20. The molecule has 20 heavy (non-hydrogen) atoms. The quantitative estimate of drug-likeness (QED) is 0.814. The number of hydrogen-bond donors (Lipinski definition) is 2. The second-order valence-corrected chi connectivity index (χ2v) is 5.68. The second-order valence-electron chi connectivity index (χ2n) is 5.25. The normalized spacial score (nSPS) is 12.8. The Balaban J connectivity index is 2.45. The van der Waals surface area contributed by atoms with E-state index in [9.17, 15) is 9.90 Å². The minimum Gasteiger partial charge on any atom is -0.392 e. The molecule has 1 amide bonds. The molecule has 0 fully saturated rings. The lowest BCUT2D eigenvalue weighted by atomic mass is 10.2. The van der Waals surface area contributed by atoms with Crippen molar-refractivity contribution < 1.29 is 9.90 Å². The molecule has 0 aliphatic rings. The molecule has 0 saturated heterocycles. The highest BCUT2D eigenvalue weighted by Gasteiger charge is 2.13. The molecule has 4 nitrogen and oxygen atoms in total. The smallest absolute Gasteiger partial charge is 0.225 e. The SMILES string of the molecule is CC(O)CN(CCC(=O)Nc1cccc(Cl)c1)C(C)C. The number of nitrogens with zero attached hydrogens (tertiary/aromatic N) is 1. The first-order valence-electron chi connectivity index (χ1n) is 6.86. The van der Waals surface area contributed by atoms with Crippen LogP contribution in [-0.4, -0.2) is 41.1 Å². The molecule has 1 unspecified atom stereocenters. The molecule has 0 saturated carbocycles. The fourth-order valence-corrected chi connectivity index (χ4v) is 2.12. The molecule has 0 heterocycles. The summed E-state index contributed by atoms with van der Waals surface area (Å²) >= 11 is 5.87. The molecule has 1 rings (SSSR count). The summed E-state index contributed by atoms with van der Waals surface area (Å²) in [7, 11) is 0. The first-order valence-corrected chi connectivity index (χ1v) is 7.24. The van der Waals surface area contributed by atoms with Gasteiger partial charge in [0.25, 0.3) is 0 Å². The van der Waals surface area contributed by atoms with Gasteiger partial charge >= 0.3 is 0 Å². The predicted octanol–water partition coefficient (Wildman–Crippen LogP) is 2.76. The van der Waals surface area contributed by atoms with Crippen LogP contribution in [-0.2, 0) is 4.79 Å². The molecule has 0 aliphatic carbocycles. The Morgan fingerprint density at radius 3 is 2.65 bits per heavy atom. The minimum absolute atomic E-state index is 0.0523. The summed E-state index contributed by atoms with van der Waals surface area (Å²) in [4.78, 5) is 14.0. The van der Waals surface area contributed by atoms with Crippen molar-refractivity contribution in [3.63, 3.8) is 0 Å². The number of anilines is 1. The zero-order valence-electron chi connectivity index (χ0n) is 12.3. The number of rotatable bonds is 7. The molecule has 2 N–H and O–H groups in total. The van der Waals surface area contributed by atoms with Gasteiger partial charge in [-0.3, -0.25) is 9.69 Å². The summed E-state index contributed by atoms with van der Waals surface area (Å²) in [5, 5.41) is 12.9. The maximum absolute atomic E-state index is 11.9. The van der Waals surface area contributed by atoms with Crippen LogP contribution < -0.4 is 5.32 Å². The highest BCUT2D eigenvalue weighted by molar-refractivity contribution is 6.30. The Bertz CT molecular complexity index is 436. The van der Waals surface area contributed by atoms with Crippen LogP contribution in [0.1, 0.15) is 27.2 Å². The highest BCUT2D eigenvalue weighted by Crippen LogP contribution is 2.15. The molecule has 0 radical (unpaired) electrons. The average Bonchev–Trinajstić information content (AvgIpc) is 2.33. The van der Waals surface area contributed by atoms with E-state index in [1.165, 1.54) is 0 Å². The lowest BCUT2D eigenvalue weighted by Gasteiger charge is -2.27. The highest BCUT2D eigenvalue weighted by atomic mass is 35.5. The number of amides is 1. The standard InChI is InChI=1S/C15H23ClN2O2/c1-11(2)18(10-12(3)19)8-7-15(20)17-14-6-4-5-13(16)9-14/h4-6,9,11-12,19H,7-8,10H2,1-3H3,(H,17,20). The van der Waals surface area contributed by atoms with Crippen molar-refractivity contribution in [3.05, 3.63) is 29.3 Å². The van der Waals surface area contributed by atoms with Crippen LogP contribution in [0, 0.1) is 0 Å². The minimum atomic E-state index is -0.395. The summed E-state index contributed by atoms with van der Waals surface area (Å²) in [6.45, 7) is 7.05. The van der Waals surface area contributed by atoms with Crippen molar-refractivity contribution in [1.82, 2.24) is 4.90 Å². The number of halogens is 1. The summed E-state index contributed by atoms with van der Waals surface area (Å²) in [5.41, 5.74) is 0.703. The summed E-state index contributed by atoms with van der Waals surface area (Å²) < 4.78 is 0. The van der Waals surface area contributed by atoms with E-state index in [-0.39, 0.29) is 5.91 Å². The topological polar surface area (TPSA) is 52.6 Å². The van der Waals surface area contributed by atoms with Crippen molar-refractivity contribution in [1.29, 1.82) is 0 Å². The van der Waals surface area contributed by atoms with E-state index in [0.717, 1.165) is 0 Å². The van der Waals surface area contributed by atoms with Crippen LogP contribution in [0.25, 0.3) is 0 Å². The first kappa shape index (κ1) is 17.0. The van der Waals surface area contributed by atoms with Gasteiger partial charge in [-0.25, -0.2) is 0 Å². The van der Waals surface area contributed by atoms with Crippen LogP contribution in [0.3, 0.4) is 0 Å². The number of carbonyl (C=O) groups is 1. The van der Waals surface area contributed by atoms with Crippen LogP contribution in [0.15, 0.2) is 24.3 Å². The number of aliphatic hydroxyl groups is 1. The zero-order chi connectivity index (χ0) is 15.1. The molecule has 5 heteroatoms. The van der Waals surface area contributed by atoms with Crippen molar-refractivity contribution >= 4 is 23.2 Å². The summed E-state index contributed by atoms with van der Waals surface area (Å²) in [5.74, 6) is -0.0523. The monoisotopic (exact) mass is 298 g/mol. The van der Waals surface area contributed by atoms with Gasteiger partial charge in [0.1, 0.15) is 0 Å². The Kier molecular flexibility index (Phi) is 6.99. The van der Waals surface area contributed by atoms with Crippen LogP contribution in [0.2, 0.25) is 5.02 Å². The first-order chi connectivity index (χ1) is 9.38. The Morgan fingerprint density at radius 2 is 2.10 bits per heavy atom. The predicted molar refractivity (Wildman–Crippen MR) is 83.1 cm³/mol. The largest absolute Gasteiger partial charge is 0.392 e. The number of benzene rings is 1. The van der Waals surface area contributed by atoms with E-state index in [4.69, 9.17) is 11.6 Å². The van der Waals surface area contributed by atoms with E-state index in [1.807, 2.05) is 0 Å². The van der Waals surface area contributed by atoms with E-state index in [1.54, 1.807) is 31.2 Å². The summed E-state index contributed by atoms with van der Waals surface area (Å²) in [6.07, 6.45) is -0.00869. The van der Waals surface area contributed by atoms with Gasteiger partial charge in [-0.1, -0.05) is 17.7 Å². The van der Waals surface area contributed by atoms with Gasteiger partial charge in [-0.15, -0.1) is 0 Å². The van der Waals surface area contributed by atoms with Crippen molar-refractivity contribution in [2.75, 3.05) is 18.4 Å². The maximum atomic E-state index is 11.9. The van der Waals surface area contributed by atoms with Gasteiger partial charge in [0.05, 0.1) is 6.10 Å². The second kappa shape index (κ2) is 8.25. The molecule has 1 aromatic rings. The Labute approximate surface area is 125 Å². The molecule has 0 aliphatic heterocycles. The fraction of sp³-hybridized carbons (Fsp3) is 0.533. The van der Waals surface area contributed by atoms with Crippen molar-refractivity contribution in [3.8, 4) is 0 Å². The van der Waals surface area contributed by atoms with Gasteiger partial charge in [0.15, 0.2) is 0 Å². The van der Waals surface area contributed by atoms with Gasteiger partial charge in [-0.05, 0) is 39.0 Å². The van der Waals surface area contributed by atoms with Gasteiger partial charge in [0, 0.05) is 36.3 Å². The van der Waals surface area contributed by atoms with E-state index in [2.05, 4.69) is 24.1 Å². The third kappa shape index (κ3) is 6.37. The molecular weight excluding hydrogens is 276 g/mol. The van der Waals surface area contributed by atoms with Crippen molar-refractivity contribution in [2.45, 2.75) is 39.3 Å². The molecular formula is C15H23ClN2O2. The fourth-order valence-electron chi connectivity index (χ4n) is 1.93. The molecule has 0 aromatic heterocycles. The Hall–Kier alpha value is -1.10. The van der Waals surface area contributed by atoms with Gasteiger partial charge in [-0.2, -0.15) is 0 Å². The lowest BCUT2D eigenvalue weighted by molar-refractivity contribution is -0.116. The number of carbonyl (C=O) groups excluding carboxylic acids is 1. The maximum Gasteiger partial charge on any atom is 0.225 e. The zero-order valence-corrected chi connectivity index (χ0v) is 13.0. The molecule has 112 valence electrons. The van der Waals surface area contributed by atoms with E-state index in [0.29, 0.717) is 36.3 Å². The van der Waals surface area contributed by atoms with E-state index < -0.39 is 6.10 Å². The van der Waals surface area contributed by atoms with E-state index >= 15 is 0 Å². The number of aliphatic hydroxyl groups excluding tert-OH is 1. The van der Waals surface area contributed by atoms with Crippen molar-refractivity contribution in [2.24, 2.45) is 0 Å². The Morgan fingerprint density at radius 1 is 1.40 bits per heavy atom. The molecule has 1 atom stereocenters.